The molecule has 0 fully saturated rings. The van der Waals surface area contributed by atoms with Crippen molar-refractivity contribution in [2.75, 3.05) is 13.1 Å². The zero-order valence-corrected chi connectivity index (χ0v) is 11.9. The van der Waals surface area contributed by atoms with Crippen LogP contribution in [0.5, 0.6) is 0 Å². The molecule has 0 aromatic heterocycles. The van der Waals surface area contributed by atoms with Crippen LogP contribution >= 0.6 is 23.2 Å². The maximum absolute atomic E-state index is 6.14. The van der Waals surface area contributed by atoms with Crippen LogP contribution in [-0.2, 0) is 0 Å². The number of hydrogen-bond acceptors (Lipinski definition) is 1. The highest BCUT2D eigenvalue weighted by Gasteiger charge is 2.02. The van der Waals surface area contributed by atoms with Crippen molar-refractivity contribution in [2.24, 2.45) is 0 Å². The van der Waals surface area contributed by atoms with Crippen molar-refractivity contribution in [1.82, 2.24) is 5.32 Å². The van der Waals surface area contributed by atoms with Crippen molar-refractivity contribution < 1.29 is 0 Å². The monoisotopic (exact) mass is 271 g/mol. The summed E-state index contributed by atoms with van der Waals surface area (Å²) < 4.78 is 0. The molecule has 0 aliphatic carbocycles. The van der Waals surface area contributed by atoms with Gasteiger partial charge in [0.2, 0.25) is 0 Å². The zero-order chi connectivity index (χ0) is 12.7. The highest BCUT2D eigenvalue weighted by molar-refractivity contribution is 6.34. The van der Waals surface area contributed by atoms with Crippen molar-refractivity contribution in [3.05, 3.63) is 39.9 Å². The lowest BCUT2D eigenvalue weighted by Gasteiger charge is -2.06. The van der Waals surface area contributed by atoms with Gasteiger partial charge in [-0.1, -0.05) is 36.2 Å². The lowest BCUT2D eigenvalue weighted by Crippen LogP contribution is -2.15. The summed E-state index contributed by atoms with van der Waals surface area (Å²) >= 11 is 12.1. The van der Waals surface area contributed by atoms with E-state index in [9.17, 15) is 0 Å². The lowest BCUT2D eigenvalue weighted by molar-refractivity contribution is 0.678. The van der Waals surface area contributed by atoms with Crippen LogP contribution in [0.3, 0.4) is 0 Å². The standard InChI is InChI=1S/C14H19Cl2N/c1-3-8-17-9-4-5-11(2)13-10-12(15)6-7-14(13)16/h5-7,10,17H,3-4,8-9H2,1-2H3. The van der Waals surface area contributed by atoms with Crippen LogP contribution in [0.1, 0.15) is 32.3 Å². The molecule has 94 valence electrons. The highest BCUT2D eigenvalue weighted by Crippen LogP contribution is 2.26. The Labute approximate surface area is 114 Å². The Hall–Kier alpha value is -0.500. The van der Waals surface area contributed by atoms with Crippen molar-refractivity contribution in [3.8, 4) is 0 Å². The number of benzene rings is 1. The van der Waals surface area contributed by atoms with Crippen molar-refractivity contribution in [2.45, 2.75) is 26.7 Å². The average molecular weight is 272 g/mol. The molecule has 0 aliphatic heterocycles. The van der Waals surface area contributed by atoms with Gasteiger partial charge in [0.1, 0.15) is 0 Å². The van der Waals surface area contributed by atoms with Crippen LogP contribution in [0.2, 0.25) is 10.0 Å². The average Bonchev–Trinajstić information content (AvgIpc) is 2.32. The van der Waals surface area contributed by atoms with E-state index in [1.165, 1.54) is 12.0 Å². The molecule has 0 aliphatic rings. The Morgan fingerprint density at radius 3 is 2.76 bits per heavy atom. The van der Waals surface area contributed by atoms with E-state index in [-0.39, 0.29) is 0 Å². The van der Waals surface area contributed by atoms with Gasteiger partial charge < -0.3 is 5.32 Å². The number of allylic oxidation sites excluding steroid dienone is 1. The molecule has 1 rings (SSSR count). The van der Waals surface area contributed by atoms with Crippen LogP contribution in [0.25, 0.3) is 5.57 Å². The summed E-state index contributed by atoms with van der Waals surface area (Å²) in [5.74, 6) is 0. The molecule has 0 saturated carbocycles. The quantitative estimate of drug-likeness (QED) is 0.734. The number of halogens is 2. The number of nitrogens with one attached hydrogen (secondary N) is 1. The van der Waals surface area contributed by atoms with Crippen LogP contribution < -0.4 is 5.32 Å². The van der Waals surface area contributed by atoms with Crippen LogP contribution in [0.15, 0.2) is 24.3 Å². The summed E-state index contributed by atoms with van der Waals surface area (Å²) in [5, 5.41) is 4.84. The molecule has 0 atom stereocenters. The molecule has 1 aromatic carbocycles. The van der Waals surface area contributed by atoms with E-state index in [0.717, 1.165) is 35.1 Å². The minimum absolute atomic E-state index is 0.723. The van der Waals surface area contributed by atoms with E-state index < -0.39 is 0 Å². The smallest absolute Gasteiger partial charge is 0.0481 e. The van der Waals surface area contributed by atoms with Gasteiger partial charge in [-0.05, 0) is 62.2 Å². The first-order valence-corrected chi connectivity index (χ1v) is 6.73. The first-order valence-electron chi connectivity index (χ1n) is 5.98. The summed E-state index contributed by atoms with van der Waals surface area (Å²) in [6.07, 6.45) is 4.37. The van der Waals surface area contributed by atoms with Gasteiger partial charge in [0, 0.05) is 10.0 Å². The second-order valence-corrected chi connectivity index (χ2v) is 4.89. The summed E-state index contributed by atoms with van der Waals surface area (Å²) in [4.78, 5) is 0. The Bertz CT molecular complexity index is 386. The predicted octanol–water partition coefficient (Wildman–Crippen LogP) is 4.79. The Morgan fingerprint density at radius 2 is 2.06 bits per heavy atom. The number of hydrogen-bond donors (Lipinski definition) is 1. The summed E-state index contributed by atoms with van der Waals surface area (Å²) in [7, 11) is 0. The molecule has 0 bridgehead atoms. The molecule has 0 saturated heterocycles. The molecule has 1 N–H and O–H groups in total. The largest absolute Gasteiger partial charge is 0.316 e. The van der Waals surface area contributed by atoms with Gasteiger partial charge >= 0.3 is 0 Å². The minimum Gasteiger partial charge on any atom is -0.316 e. The maximum atomic E-state index is 6.14. The fourth-order valence-electron chi connectivity index (χ4n) is 1.60. The summed E-state index contributed by atoms with van der Waals surface area (Å²) in [5.41, 5.74) is 2.20. The van der Waals surface area contributed by atoms with Crippen LogP contribution in [-0.4, -0.2) is 13.1 Å². The lowest BCUT2D eigenvalue weighted by atomic mass is 10.1. The fourth-order valence-corrected chi connectivity index (χ4v) is 2.04. The third-order valence-corrected chi connectivity index (χ3v) is 3.12. The Kier molecular flexibility index (Phi) is 6.64. The van der Waals surface area contributed by atoms with Crippen LogP contribution in [0, 0.1) is 0 Å². The highest BCUT2D eigenvalue weighted by atomic mass is 35.5. The molecule has 0 heterocycles. The van der Waals surface area contributed by atoms with Gasteiger partial charge in [-0.3, -0.25) is 0 Å². The Morgan fingerprint density at radius 1 is 1.29 bits per heavy atom. The molecule has 0 spiro atoms. The molecule has 17 heavy (non-hydrogen) atoms. The normalized spacial score (nSPS) is 11.9. The molecule has 0 amide bonds. The first kappa shape index (κ1) is 14.6. The van der Waals surface area contributed by atoms with E-state index in [1.807, 2.05) is 18.2 Å². The number of rotatable bonds is 6. The van der Waals surface area contributed by atoms with Crippen molar-refractivity contribution in [1.29, 1.82) is 0 Å². The molecule has 1 aromatic rings. The van der Waals surface area contributed by atoms with E-state index in [0.29, 0.717) is 0 Å². The minimum atomic E-state index is 0.723. The SMILES string of the molecule is CCCNCCC=C(C)c1cc(Cl)ccc1Cl. The topological polar surface area (TPSA) is 12.0 Å². The van der Waals surface area contributed by atoms with Gasteiger partial charge in [-0.15, -0.1) is 0 Å². The zero-order valence-electron chi connectivity index (χ0n) is 10.4. The summed E-state index contributed by atoms with van der Waals surface area (Å²) in [6, 6.07) is 5.56. The molecule has 0 unspecified atom stereocenters. The maximum Gasteiger partial charge on any atom is 0.0481 e. The molecule has 0 radical (unpaired) electrons. The second-order valence-electron chi connectivity index (χ2n) is 4.05. The fraction of sp³-hybridized carbons (Fsp3) is 0.429. The van der Waals surface area contributed by atoms with Gasteiger partial charge in [-0.2, -0.15) is 0 Å². The van der Waals surface area contributed by atoms with E-state index in [2.05, 4.69) is 25.2 Å². The predicted molar refractivity (Wildman–Crippen MR) is 77.9 cm³/mol. The van der Waals surface area contributed by atoms with Gasteiger partial charge in [0.05, 0.1) is 0 Å². The van der Waals surface area contributed by atoms with E-state index in [4.69, 9.17) is 23.2 Å². The third kappa shape index (κ3) is 5.12. The van der Waals surface area contributed by atoms with Crippen LogP contribution in [0.4, 0.5) is 0 Å². The van der Waals surface area contributed by atoms with Gasteiger partial charge in [0.15, 0.2) is 0 Å². The molecule has 1 nitrogen and oxygen atoms in total. The molecular weight excluding hydrogens is 253 g/mol. The van der Waals surface area contributed by atoms with E-state index >= 15 is 0 Å². The molecule has 3 heteroatoms. The van der Waals surface area contributed by atoms with E-state index in [1.54, 1.807) is 0 Å². The summed E-state index contributed by atoms with van der Waals surface area (Å²) in [6.45, 7) is 6.31. The third-order valence-electron chi connectivity index (χ3n) is 2.55. The Balaban J connectivity index is 2.58. The second kappa shape index (κ2) is 7.75. The van der Waals surface area contributed by atoms with Gasteiger partial charge in [-0.25, -0.2) is 0 Å². The molecular formula is C14H19Cl2N. The van der Waals surface area contributed by atoms with Gasteiger partial charge in [0.25, 0.3) is 0 Å². The van der Waals surface area contributed by atoms with Crippen molar-refractivity contribution in [3.63, 3.8) is 0 Å². The van der Waals surface area contributed by atoms with Crippen molar-refractivity contribution >= 4 is 28.8 Å². The first-order chi connectivity index (χ1) is 8.15.